The summed E-state index contributed by atoms with van der Waals surface area (Å²) < 4.78 is 5.85. The molecule has 35 heavy (non-hydrogen) atoms. The molecule has 0 unspecified atom stereocenters. The molecule has 0 spiro atoms. The number of phenols is 1. The first kappa shape index (κ1) is 23.4. The van der Waals surface area contributed by atoms with Crippen LogP contribution in [0.4, 0.5) is 0 Å². The zero-order valence-corrected chi connectivity index (χ0v) is 20.1. The van der Waals surface area contributed by atoms with E-state index in [1.807, 2.05) is 18.2 Å². The summed E-state index contributed by atoms with van der Waals surface area (Å²) in [5, 5.41) is 21.6. The summed E-state index contributed by atoms with van der Waals surface area (Å²) in [6, 6.07) is 9.01. The Bertz CT molecular complexity index is 1250. The van der Waals surface area contributed by atoms with Gasteiger partial charge in [-0.1, -0.05) is 25.8 Å². The van der Waals surface area contributed by atoms with Gasteiger partial charge >= 0.3 is 0 Å². The number of hydrogen-bond acceptors (Lipinski definition) is 6. The van der Waals surface area contributed by atoms with Crippen molar-refractivity contribution in [3.05, 3.63) is 52.7 Å². The van der Waals surface area contributed by atoms with Gasteiger partial charge in [-0.25, -0.2) is 0 Å². The lowest BCUT2D eigenvalue weighted by Crippen LogP contribution is -2.25. The standard InChI is InChI=1S/C27H32N4O4/c1-2-9-28-10-11-35-20-8-7-18-15-31(16-19(18)12-20)27(34)22-13-21-23(14-24(22)32)29-30-25(21)26(33)17-5-3-4-6-17/h7-8,12-14,17,28,32H,2-6,9-11,15-16H2,1H3,(H,29,30). The first-order chi connectivity index (χ1) is 17.0. The zero-order chi connectivity index (χ0) is 24.4. The number of phenolic OH excluding ortho intramolecular Hbond substituents is 1. The number of amides is 1. The number of carbonyl (C=O) groups excluding carboxylic acids is 2. The van der Waals surface area contributed by atoms with Crippen molar-refractivity contribution in [1.82, 2.24) is 20.4 Å². The number of benzene rings is 2. The van der Waals surface area contributed by atoms with E-state index in [1.54, 1.807) is 11.0 Å². The molecule has 1 aliphatic carbocycles. The highest BCUT2D eigenvalue weighted by molar-refractivity contribution is 6.10. The van der Waals surface area contributed by atoms with Crippen molar-refractivity contribution in [3.63, 3.8) is 0 Å². The topological polar surface area (TPSA) is 108 Å². The van der Waals surface area contributed by atoms with Gasteiger partial charge in [0.1, 0.15) is 23.8 Å². The molecule has 2 aliphatic rings. The number of fused-ring (bicyclic) bond motifs is 2. The molecular formula is C27H32N4O4. The molecule has 1 saturated carbocycles. The van der Waals surface area contributed by atoms with Gasteiger partial charge in [0.25, 0.3) is 5.91 Å². The van der Waals surface area contributed by atoms with Gasteiger partial charge in [0.2, 0.25) is 0 Å². The SMILES string of the molecule is CCCNCCOc1ccc2c(c1)CN(C(=O)c1cc3c(C(=O)C4CCCC4)n[nH]c3cc1O)C2. The lowest BCUT2D eigenvalue weighted by molar-refractivity contribution is 0.0748. The highest BCUT2D eigenvalue weighted by atomic mass is 16.5. The third kappa shape index (κ3) is 4.75. The summed E-state index contributed by atoms with van der Waals surface area (Å²) in [7, 11) is 0. The molecule has 5 rings (SSSR count). The summed E-state index contributed by atoms with van der Waals surface area (Å²) in [4.78, 5) is 28.1. The minimum absolute atomic E-state index is 0.0126. The molecule has 2 heterocycles. The molecule has 1 aromatic heterocycles. The molecule has 0 radical (unpaired) electrons. The van der Waals surface area contributed by atoms with E-state index in [9.17, 15) is 14.7 Å². The number of aromatic nitrogens is 2. The average Bonchev–Trinajstić information content (AvgIpc) is 3.62. The van der Waals surface area contributed by atoms with Gasteiger partial charge in [-0.15, -0.1) is 0 Å². The lowest BCUT2D eigenvalue weighted by Gasteiger charge is -2.16. The maximum absolute atomic E-state index is 13.4. The fraction of sp³-hybridized carbons (Fsp3) is 0.444. The lowest BCUT2D eigenvalue weighted by atomic mass is 9.97. The molecular weight excluding hydrogens is 444 g/mol. The number of aromatic hydroxyl groups is 1. The number of carbonyl (C=O) groups is 2. The number of ether oxygens (including phenoxy) is 1. The molecule has 8 heteroatoms. The van der Waals surface area contributed by atoms with E-state index in [0.29, 0.717) is 36.3 Å². The second-order valence-corrected chi connectivity index (χ2v) is 9.52. The number of Topliss-reactive ketones (excluding diaryl/α,β-unsaturated/α-hetero) is 1. The fourth-order valence-electron chi connectivity index (χ4n) is 5.11. The van der Waals surface area contributed by atoms with E-state index in [2.05, 4.69) is 22.4 Å². The average molecular weight is 477 g/mol. The number of H-pyrrole nitrogens is 1. The molecule has 3 N–H and O–H groups in total. The van der Waals surface area contributed by atoms with Crippen LogP contribution in [0.5, 0.6) is 11.5 Å². The van der Waals surface area contributed by atoms with E-state index >= 15 is 0 Å². The molecule has 3 aromatic rings. The monoisotopic (exact) mass is 476 g/mol. The predicted octanol–water partition coefficient (Wildman–Crippen LogP) is 4.18. The molecule has 1 fully saturated rings. The quantitative estimate of drug-likeness (QED) is 0.316. The van der Waals surface area contributed by atoms with Crippen molar-refractivity contribution >= 4 is 22.6 Å². The van der Waals surface area contributed by atoms with Crippen molar-refractivity contribution in [2.24, 2.45) is 5.92 Å². The van der Waals surface area contributed by atoms with Crippen LogP contribution in [-0.4, -0.2) is 51.6 Å². The highest BCUT2D eigenvalue weighted by Crippen LogP contribution is 2.34. The van der Waals surface area contributed by atoms with Gasteiger partial charge in [-0.05, 0) is 55.1 Å². The third-order valence-electron chi connectivity index (χ3n) is 7.03. The van der Waals surface area contributed by atoms with Crippen LogP contribution in [0.15, 0.2) is 30.3 Å². The van der Waals surface area contributed by atoms with Crippen molar-refractivity contribution in [2.45, 2.75) is 52.1 Å². The van der Waals surface area contributed by atoms with E-state index < -0.39 is 0 Å². The fourth-order valence-corrected chi connectivity index (χ4v) is 5.11. The van der Waals surface area contributed by atoms with Crippen molar-refractivity contribution < 1.29 is 19.4 Å². The van der Waals surface area contributed by atoms with Crippen LogP contribution >= 0.6 is 0 Å². The van der Waals surface area contributed by atoms with Crippen LogP contribution in [0.1, 0.15) is 71.0 Å². The molecule has 8 nitrogen and oxygen atoms in total. The van der Waals surface area contributed by atoms with Gasteiger partial charge in [-0.2, -0.15) is 5.10 Å². The van der Waals surface area contributed by atoms with Gasteiger partial charge in [0.05, 0.1) is 11.1 Å². The Morgan fingerprint density at radius 2 is 1.94 bits per heavy atom. The van der Waals surface area contributed by atoms with Crippen LogP contribution in [0.2, 0.25) is 0 Å². The number of rotatable bonds is 9. The van der Waals surface area contributed by atoms with E-state index in [1.165, 1.54) is 6.07 Å². The Morgan fingerprint density at radius 1 is 1.14 bits per heavy atom. The first-order valence-corrected chi connectivity index (χ1v) is 12.5. The molecule has 184 valence electrons. The number of nitrogens with one attached hydrogen (secondary N) is 2. The van der Waals surface area contributed by atoms with Gasteiger partial charge in [0, 0.05) is 37.0 Å². The van der Waals surface area contributed by atoms with Crippen LogP contribution < -0.4 is 10.1 Å². The number of aromatic amines is 1. The van der Waals surface area contributed by atoms with Crippen molar-refractivity contribution in [1.29, 1.82) is 0 Å². The molecule has 0 atom stereocenters. The highest BCUT2D eigenvalue weighted by Gasteiger charge is 2.30. The minimum atomic E-state index is -0.271. The van der Waals surface area contributed by atoms with E-state index in [-0.39, 0.29) is 28.9 Å². The second kappa shape index (κ2) is 10.1. The normalized spacial score (nSPS) is 15.6. The molecule has 1 amide bonds. The summed E-state index contributed by atoms with van der Waals surface area (Å²) >= 11 is 0. The van der Waals surface area contributed by atoms with Gasteiger partial charge < -0.3 is 20.1 Å². The summed E-state index contributed by atoms with van der Waals surface area (Å²) in [5.41, 5.74) is 3.21. The van der Waals surface area contributed by atoms with Crippen LogP contribution in [0.3, 0.4) is 0 Å². The van der Waals surface area contributed by atoms with Gasteiger partial charge in [-0.3, -0.25) is 14.7 Å². The van der Waals surface area contributed by atoms with Gasteiger partial charge in [0.15, 0.2) is 5.78 Å². The summed E-state index contributed by atoms with van der Waals surface area (Å²) in [6.45, 7) is 5.37. The molecule has 1 aliphatic heterocycles. The zero-order valence-electron chi connectivity index (χ0n) is 20.1. The number of hydrogen-bond donors (Lipinski definition) is 3. The van der Waals surface area contributed by atoms with Crippen LogP contribution in [-0.2, 0) is 13.1 Å². The third-order valence-corrected chi connectivity index (χ3v) is 7.03. The molecule has 2 aromatic carbocycles. The van der Waals surface area contributed by atoms with Crippen molar-refractivity contribution in [3.8, 4) is 11.5 Å². The smallest absolute Gasteiger partial charge is 0.258 e. The second-order valence-electron chi connectivity index (χ2n) is 9.52. The predicted molar refractivity (Wildman–Crippen MR) is 133 cm³/mol. The van der Waals surface area contributed by atoms with E-state index in [0.717, 1.165) is 62.1 Å². The molecule has 0 saturated heterocycles. The summed E-state index contributed by atoms with van der Waals surface area (Å²) in [6.07, 6.45) is 4.96. The maximum Gasteiger partial charge on any atom is 0.258 e. The minimum Gasteiger partial charge on any atom is -0.507 e. The Kier molecular flexibility index (Phi) is 6.72. The largest absolute Gasteiger partial charge is 0.507 e. The Labute approximate surface area is 204 Å². The van der Waals surface area contributed by atoms with E-state index in [4.69, 9.17) is 4.74 Å². The Hall–Kier alpha value is -3.39. The Balaban J connectivity index is 1.31. The van der Waals surface area contributed by atoms with Crippen LogP contribution in [0, 0.1) is 5.92 Å². The summed E-state index contributed by atoms with van der Waals surface area (Å²) in [5.74, 6) is 0.400. The first-order valence-electron chi connectivity index (χ1n) is 12.5. The maximum atomic E-state index is 13.4. The van der Waals surface area contributed by atoms with Crippen LogP contribution in [0.25, 0.3) is 10.9 Å². The number of nitrogens with zero attached hydrogens (tertiary/aromatic N) is 2. The van der Waals surface area contributed by atoms with Crippen molar-refractivity contribution in [2.75, 3.05) is 19.7 Å². The molecule has 0 bridgehead atoms. The number of ketones is 1. The Morgan fingerprint density at radius 3 is 2.74 bits per heavy atom.